The van der Waals surface area contributed by atoms with Crippen molar-refractivity contribution in [2.45, 2.75) is 105 Å². The maximum absolute atomic E-state index is 14.3. The molecule has 1 saturated heterocycles. The van der Waals surface area contributed by atoms with E-state index in [0.717, 1.165) is 32.1 Å². The molecule has 0 bridgehead atoms. The van der Waals surface area contributed by atoms with Gasteiger partial charge in [-0.25, -0.2) is 0 Å². The Hall–Kier alpha value is -1.92. The number of carbonyl (C=O) groups is 4. The van der Waals surface area contributed by atoms with Crippen LogP contribution in [-0.4, -0.2) is 44.0 Å². The zero-order chi connectivity index (χ0) is 28.9. The molecule has 4 rings (SSSR count). The van der Waals surface area contributed by atoms with E-state index in [2.05, 4.69) is 34.6 Å². The Morgan fingerprint density at radius 2 is 1.72 bits per heavy atom. The highest BCUT2D eigenvalue weighted by Gasteiger charge is 2.73. The lowest BCUT2D eigenvalue weighted by Crippen LogP contribution is -2.64. The van der Waals surface area contributed by atoms with Crippen LogP contribution in [0, 0.1) is 57.7 Å². The van der Waals surface area contributed by atoms with E-state index in [-0.39, 0.29) is 76.6 Å². The van der Waals surface area contributed by atoms with Gasteiger partial charge in [-0.05, 0) is 66.1 Å². The molecule has 7 heteroatoms. The van der Waals surface area contributed by atoms with Crippen molar-refractivity contribution in [3.63, 3.8) is 0 Å². The average molecular weight is 547 g/mol. The molecule has 220 valence electrons. The van der Waals surface area contributed by atoms with Crippen molar-refractivity contribution in [2.75, 3.05) is 14.2 Å². The summed E-state index contributed by atoms with van der Waals surface area (Å²) in [6.45, 7) is 13.2. The molecule has 4 fully saturated rings. The summed E-state index contributed by atoms with van der Waals surface area (Å²) in [5.74, 6) is -0.601. The third-order valence-corrected chi connectivity index (χ3v) is 12.0. The minimum Gasteiger partial charge on any atom is -0.469 e. The van der Waals surface area contributed by atoms with E-state index < -0.39 is 11.3 Å². The summed E-state index contributed by atoms with van der Waals surface area (Å²) in [6.07, 6.45) is 6.09. The second kappa shape index (κ2) is 10.8. The number of rotatable bonds is 9. The van der Waals surface area contributed by atoms with Gasteiger partial charge >= 0.3 is 17.9 Å². The van der Waals surface area contributed by atoms with Crippen molar-refractivity contribution in [2.24, 2.45) is 57.7 Å². The van der Waals surface area contributed by atoms with Gasteiger partial charge in [0.1, 0.15) is 11.9 Å². The molecular formula is C32H50O7. The van der Waals surface area contributed by atoms with Crippen molar-refractivity contribution in [1.82, 2.24) is 0 Å². The number of Topliss-reactive ketones (excluding diaryl/α,β-unsaturated/α-hetero) is 1. The molecule has 0 spiro atoms. The first-order valence-electron chi connectivity index (χ1n) is 15.1. The molecule has 3 saturated carbocycles. The first-order valence-corrected chi connectivity index (χ1v) is 15.1. The third kappa shape index (κ3) is 4.73. The lowest BCUT2D eigenvalue weighted by molar-refractivity contribution is -0.195. The Morgan fingerprint density at radius 1 is 1.03 bits per heavy atom. The molecule has 0 radical (unpaired) electrons. The van der Waals surface area contributed by atoms with E-state index in [0.29, 0.717) is 25.2 Å². The van der Waals surface area contributed by atoms with E-state index in [1.165, 1.54) is 14.2 Å². The largest absolute Gasteiger partial charge is 0.469 e. The van der Waals surface area contributed by atoms with Crippen LogP contribution in [0.4, 0.5) is 0 Å². The maximum atomic E-state index is 14.3. The monoisotopic (exact) mass is 546 g/mol. The Kier molecular flexibility index (Phi) is 8.33. The van der Waals surface area contributed by atoms with Gasteiger partial charge in [0.25, 0.3) is 0 Å². The maximum Gasteiger partial charge on any atom is 0.309 e. The van der Waals surface area contributed by atoms with Gasteiger partial charge in [0.05, 0.1) is 26.1 Å². The van der Waals surface area contributed by atoms with Gasteiger partial charge in [-0.15, -0.1) is 0 Å². The number of ketones is 1. The first-order chi connectivity index (χ1) is 18.2. The highest BCUT2D eigenvalue weighted by atomic mass is 16.6. The van der Waals surface area contributed by atoms with Crippen molar-refractivity contribution in [3.05, 3.63) is 0 Å². The van der Waals surface area contributed by atoms with Gasteiger partial charge in [0, 0.05) is 24.7 Å². The SMILES string of the molecule is COC(=O)CCC1(C)C(C(=O)OC)CCC2(C)C1C(=O)CC1C3C(CC12C)OC(=O)C3C(C)CCCC(C)C. The predicted octanol–water partition coefficient (Wildman–Crippen LogP) is 5.77. The van der Waals surface area contributed by atoms with Gasteiger partial charge < -0.3 is 14.2 Å². The predicted molar refractivity (Wildman–Crippen MR) is 146 cm³/mol. The number of ether oxygens (including phenoxy) is 3. The van der Waals surface area contributed by atoms with E-state index >= 15 is 0 Å². The van der Waals surface area contributed by atoms with Gasteiger partial charge in [0.2, 0.25) is 0 Å². The van der Waals surface area contributed by atoms with Crippen LogP contribution in [0.25, 0.3) is 0 Å². The molecule has 0 aromatic rings. The Labute approximate surface area is 234 Å². The Balaban J connectivity index is 1.68. The third-order valence-electron chi connectivity index (χ3n) is 12.0. The standard InChI is InChI=1S/C32H50O7/c1-18(2)10-9-11-19(3)25-26-21-16-22(33)27-30(4,14-13-24(34)37-7)20(28(35)38-8)12-15-31(27,5)32(21,6)17-23(26)39-29(25)36/h18-21,23,25-27H,9-17H2,1-8H3. The number of hydrogen-bond donors (Lipinski definition) is 0. The number of fused-ring (bicyclic) bond motifs is 5. The quantitative estimate of drug-likeness (QED) is 0.268. The van der Waals surface area contributed by atoms with Crippen molar-refractivity contribution >= 4 is 23.7 Å². The van der Waals surface area contributed by atoms with Crippen molar-refractivity contribution in [3.8, 4) is 0 Å². The van der Waals surface area contributed by atoms with Crippen LogP contribution >= 0.6 is 0 Å². The van der Waals surface area contributed by atoms with E-state index in [4.69, 9.17) is 14.2 Å². The summed E-state index contributed by atoms with van der Waals surface area (Å²) in [4.78, 5) is 52.7. The zero-order valence-corrected chi connectivity index (χ0v) is 25.3. The number of hydrogen-bond acceptors (Lipinski definition) is 7. The van der Waals surface area contributed by atoms with Crippen LogP contribution in [0.15, 0.2) is 0 Å². The zero-order valence-electron chi connectivity index (χ0n) is 25.3. The molecule has 0 aromatic carbocycles. The van der Waals surface area contributed by atoms with Crippen LogP contribution in [0.5, 0.6) is 0 Å². The minimum absolute atomic E-state index is 0.0536. The van der Waals surface area contributed by atoms with Crippen molar-refractivity contribution < 1.29 is 33.4 Å². The first kappa shape index (κ1) is 30.0. The molecule has 10 atom stereocenters. The number of methoxy groups -OCH3 is 2. The summed E-state index contributed by atoms with van der Waals surface area (Å²) in [6, 6.07) is 0. The highest BCUT2D eigenvalue weighted by Crippen LogP contribution is 2.73. The van der Waals surface area contributed by atoms with E-state index in [1.807, 2.05) is 6.92 Å². The molecular weight excluding hydrogens is 496 g/mol. The second-order valence-electron chi connectivity index (χ2n) is 14.3. The minimum atomic E-state index is -0.725. The fourth-order valence-corrected chi connectivity index (χ4v) is 9.87. The summed E-state index contributed by atoms with van der Waals surface area (Å²) >= 11 is 0. The van der Waals surface area contributed by atoms with Crippen LogP contribution in [-0.2, 0) is 33.4 Å². The highest BCUT2D eigenvalue weighted by molar-refractivity contribution is 5.87. The summed E-state index contributed by atoms with van der Waals surface area (Å²) in [5.41, 5.74) is -1.33. The van der Waals surface area contributed by atoms with Gasteiger partial charge in [0.15, 0.2) is 0 Å². The second-order valence-corrected chi connectivity index (χ2v) is 14.3. The van der Waals surface area contributed by atoms with Gasteiger partial charge in [-0.1, -0.05) is 54.4 Å². The fourth-order valence-electron chi connectivity index (χ4n) is 9.87. The molecule has 0 N–H and O–H groups in total. The van der Waals surface area contributed by atoms with Crippen LogP contribution in [0.1, 0.15) is 99.3 Å². The lowest BCUT2D eigenvalue weighted by atomic mass is 9.38. The summed E-state index contributed by atoms with van der Waals surface area (Å²) in [7, 11) is 2.76. The molecule has 39 heavy (non-hydrogen) atoms. The topological polar surface area (TPSA) is 96.0 Å². The number of esters is 3. The van der Waals surface area contributed by atoms with Crippen LogP contribution < -0.4 is 0 Å². The number of carbonyl (C=O) groups excluding carboxylic acids is 4. The molecule has 0 amide bonds. The van der Waals surface area contributed by atoms with Crippen LogP contribution in [0.3, 0.4) is 0 Å². The van der Waals surface area contributed by atoms with E-state index in [1.54, 1.807) is 0 Å². The summed E-state index contributed by atoms with van der Waals surface area (Å²) < 4.78 is 16.2. The molecule has 3 aliphatic carbocycles. The molecule has 0 aromatic heterocycles. The summed E-state index contributed by atoms with van der Waals surface area (Å²) in [5, 5.41) is 0. The van der Waals surface area contributed by atoms with Gasteiger partial charge in [-0.2, -0.15) is 0 Å². The Morgan fingerprint density at radius 3 is 2.33 bits per heavy atom. The normalized spacial score (nSPS) is 41.9. The van der Waals surface area contributed by atoms with Crippen molar-refractivity contribution in [1.29, 1.82) is 0 Å². The molecule has 1 aliphatic heterocycles. The van der Waals surface area contributed by atoms with Gasteiger partial charge in [-0.3, -0.25) is 19.2 Å². The molecule has 4 aliphatic rings. The average Bonchev–Trinajstić information content (AvgIpc) is 3.33. The smallest absolute Gasteiger partial charge is 0.309 e. The molecule has 7 nitrogen and oxygen atoms in total. The lowest BCUT2D eigenvalue weighted by Gasteiger charge is -2.64. The molecule has 10 unspecified atom stereocenters. The fraction of sp³-hybridized carbons (Fsp3) is 0.875. The van der Waals surface area contributed by atoms with Crippen LogP contribution in [0.2, 0.25) is 0 Å². The van der Waals surface area contributed by atoms with E-state index in [9.17, 15) is 19.2 Å². The molecule has 1 heterocycles. The Bertz CT molecular complexity index is 989.